The van der Waals surface area contributed by atoms with Crippen molar-refractivity contribution in [3.05, 3.63) is 35.1 Å². The van der Waals surface area contributed by atoms with Crippen molar-refractivity contribution in [2.24, 2.45) is 0 Å². The number of carbonyl (C=O) groups excluding carboxylic acids is 1. The Morgan fingerprint density at radius 1 is 1.40 bits per heavy atom. The van der Waals surface area contributed by atoms with E-state index in [2.05, 4.69) is 10.6 Å². The Hall–Kier alpha value is -1.62. The predicted octanol–water partition coefficient (Wildman–Crippen LogP) is 2.66. The molecule has 0 bridgehead atoms. The van der Waals surface area contributed by atoms with Gasteiger partial charge in [-0.15, -0.1) is 0 Å². The zero-order valence-electron chi connectivity index (χ0n) is 12.2. The number of aryl methyl sites for hydroxylation is 1. The summed E-state index contributed by atoms with van der Waals surface area (Å²) >= 11 is 0. The second-order valence-electron chi connectivity index (χ2n) is 4.97. The second-order valence-corrected chi connectivity index (χ2v) is 4.97. The van der Waals surface area contributed by atoms with E-state index in [9.17, 15) is 9.18 Å². The van der Waals surface area contributed by atoms with Crippen LogP contribution < -0.4 is 10.6 Å². The van der Waals surface area contributed by atoms with Gasteiger partial charge in [0.2, 0.25) is 0 Å². The van der Waals surface area contributed by atoms with Crippen LogP contribution in [0.25, 0.3) is 0 Å². The van der Waals surface area contributed by atoms with Gasteiger partial charge in [-0.2, -0.15) is 0 Å². The van der Waals surface area contributed by atoms with Crippen LogP contribution in [-0.2, 0) is 0 Å². The van der Waals surface area contributed by atoms with Crippen LogP contribution in [0, 0.1) is 12.7 Å². The van der Waals surface area contributed by atoms with Gasteiger partial charge in [-0.3, -0.25) is 0 Å². The largest absolute Gasteiger partial charge is 0.396 e. The molecule has 0 aliphatic rings. The molecule has 2 unspecified atom stereocenters. The van der Waals surface area contributed by atoms with Crippen molar-refractivity contribution in [3.63, 3.8) is 0 Å². The van der Waals surface area contributed by atoms with Crippen molar-refractivity contribution in [1.29, 1.82) is 0 Å². The van der Waals surface area contributed by atoms with E-state index >= 15 is 0 Å². The average Bonchev–Trinajstić information content (AvgIpc) is 2.41. The molecule has 0 spiro atoms. The number of halogens is 1. The van der Waals surface area contributed by atoms with Crippen LogP contribution in [0.15, 0.2) is 18.2 Å². The van der Waals surface area contributed by atoms with Gasteiger partial charge in [0, 0.05) is 12.6 Å². The molecule has 1 aromatic carbocycles. The molecule has 0 fully saturated rings. The molecule has 0 saturated heterocycles. The lowest BCUT2D eigenvalue weighted by molar-refractivity contribution is 0.225. The van der Waals surface area contributed by atoms with Crippen molar-refractivity contribution < 1.29 is 14.3 Å². The first-order valence-electron chi connectivity index (χ1n) is 6.91. The number of rotatable bonds is 6. The predicted molar refractivity (Wildman–Crippen MR) is 77.0 cm³/mol. The van der Waals surface area contributed by atoms with E-state index in [1.165, 1.54) is 6.07 Å². The van der Waals surface area contributed by atoms with Crippen LogP contribution in [0.5, 0.6) is 0 Å². The molecule has 0 aromatic heterocycles. The molecule has 0 radical (unpaired) electrons. The van der Waals surface area contributed by atoms with Gasteiger partial charge < -0.3 is 15.7 Å². The third-order valence-electron chi connectivity index (χ3n) is 3.35. The molecular weight excluding hydrogens is 259 g/mol. The van der Waals surface area contributed by atoms with Gasteiger partial charge in [0.15, 0.2) is 0 Å². The zero-order valence-corrected chi connectivity index (χ0v) is 12.2. The topological polar surface area (TPSA) is 61.4 Å². The Bertz CT molecular complexity index is 451. The normalized spacial score (nSPS) is 13.7. The van der Waals surface area contributed by atoms with Crippen LogP contribution in [0.4, 0.5) is 9.18 Å². The monoisotopic (exact) mass is 282 g/mol. The molecule has 112 valence electrons. The van der Waals surface area contributed by atoms with Crippen LogP contribution in [0.3, 0.4) is 0 Å². The fourth-order valence-corrected chi connectivity index (χ4v) is 1.92. The molecule has 0 aliphatic heterocycles. The highest BCUT2D eigenvalue weighted by Crippen LogP contribution is 2.16. The average molecular weight is 282 g/mol. The standard InChI is InChI=1S/C15H23FN2O2/c1-4-13(7-8-19)18-15(20)17-11(3)12-6-5-10(2)14(16)9-12/h5-6,9,11,13,19H,4,7-8H2,1-3H3,(H2,17,18,20). The fraction of sp³-hybridized carbons (Fsp3) is 0.533. The summed E-state index contributed by atoms with van der Waals surface area (Å²) in [5, 5.41) is 14.4. The molecule has 1 rings (SSSR count). The van der Waals surface area contributed by atoms with E-state index in [0.29, 0.717) is 12.0 Å². The smallest absolute Gasteiger partial charge is 0.315 e. The third-order valence-corrected chi connectivity index (χ3v) is 3.35. The molecule has 2 atom stereocenters. The highest BCUT2D eigenvalue weighted by Gasteiger charge is 2.13. The first-order chi connectivity index (χ1) is 9.47. The highest BCUT2D eigenvalue weighted by molar-refractivity contribution is 5.74. The lowest BCUT2D eigenvalue weighted by Crippen LogP contribution is -2.43. The van der Waals surface area contributed by atoms with Crippen LogP contribution in [-0.4, -0.2) is 23.8 Å². The Morgan fingerprint density at radius 3 is 2.65 bits per heavy atom. The Balaban J connectivity index is 2.58. The van der Waals surface area contributed by atoms with Crippen LogP contribution in [0.1, 0.15) is 43.9 Å². The summed E-state index contributed by atoms with van der Waals surface area (Å²) in [4.78, 5) is 11.8. The number of carbonyl (C=O) groups is 1. The molecule has 0 saturated carbocycles. The molecular formula is C15H23FN2O2. The summed E-state index contributed by atoms with van der Waals surface area (Å²) < 4.78 is 13.5. The number of nitrogens with one attached hydrogen (secondary N) is 2. The lowest BCUT2D eigenvalue weighted by Gasteiger charge is -2.20. The number of aliphatic hydroxyl groups excluding tert-OH is 1. The molecule has 0 heterocycles. The van der Waals surface area contributed by atoms with E-state index in [1.54, 1.807) is 26.0 Å². The molecule has 4 nitrogen and oxygen atoms in total. The number of hydrogen-bond acceptors (Lipinski definition) is 2. The van der Waals surface area contributed by atoms with Crippen molar-refractivity contribution in [3.8, 4) is 0 Å². The van der Waals surface area contributed by atoms with Gasteiger partial charge in [-0.25, -0.2) is 9.18 Å². The van der Waals surface area contributed by atoms with Crippen LogP contribution in [0.2, 0.25) is 0 Å². The molecule has 5 heteroatoms. The summed E-state index contributed by atoms with van der Waals surface area (Å²) in [5.74, 6) is -0.275. The van der Waals surface area contributed by atoms with Gasteiger partial charge in [0.05, 0.1) is 6.04 Å². The van der Waals surface area contributed by atoms with E-state index in [0.717, 1.165) is 12.0 Å². The number of amides is 2. The van der Waals surface area contributed by atoms with Gasteiger partial charge in [-0.05, 0) is 43.9 Å². The van der Waals surface area contributed by atoms with Gasteiger partial charge in [0.25, 0.3) is 0 Å². The maximum atomic E-state index is 13.5. The van der Waals surface area contributed by atoms with Crippen LogP contribution >= 0.6 is 0 Å². The number of hydrogen-bond donors (Lipinski definition) is 3. The van der Waals surface area contributed by atoms with Crippen molar-refractivity contribution in [1.82, 2.24) is 10.6 Å². The molecule has 0 aliphatic carbocycles. The van der Waals surface area contributed by atoms with E-state index in [4.69, 9.17) is 5.11 Å². The minimum atomic E-state index is -0.307. The maximum Gasteiger partial charge on any atom is 0.315 e. The third kappa shape index (κ3) is 4.81. The summed E-state index contributed by atoms with van der Waals surface area (Å²) in [6.07, 6.45) is 1.28. The quantitative estimate of drug-likeness (QED) is 0.751. The first kappa shape index (κ1) is 16.4. The Kier molecular flexibility index (Phi) is 6.45. The highest BCUT2D eigenvalue weighted by atomic mass is 19.1. The SMILES string of the molecule is CCC(CCO)NC(=O)NC(C)c1ccc(C)c(F)c1. The number of benzene rings is 1. The molecule has 1 aromatic rings. The Morgan fingerprint density at radius 2 is 2.10 bits per heavy atom. The van der Waals surface area contributed by atoms with Gasteiger partial charge >= 0.3 is 6.03 Å². The minimum absolute atomic E-state index is 0.0392. The van der Waals surface area contributed by atoms with E-state index in [-0.39, 0.29) is 30.5 Å². The first-order valence-corrected chi connectivity index (χ1v) is 6.91. The second kappa shape index (κ2) is 7.85. The fourth-order valence-electron chi connectivity index (χ4n) is 1.92. The van der Waals surface area contributed by atoms with E-state index in [1.807, 2.05) is 6.92 Å². The lowest BCUT2D eigenvalue weighted by atomic mass is 10.1. The summed E-state index contributed by atoms with van der Waals surface area (Å²) in [7, 11) is 0. The summed E-state index contributed by atoms with van der Waals surface area (Å²) in [6, 6.07) is 4.29. The van der Waals surface area contributed by atoms with Crippen molar-refractivity contribution in [2.45, 2.75) is 45.7 Å². The van der Waals surface area contributed by atoms with Gasteiger partial charge in [0.1, 0.15) is 5.82 Å². The minimum Gasteiger partial charge on any atom is -0.396 e. The Labute approximate surface area is 119 Å². The maximum absolute atomic E-state index is 13.5. The van der Waals surface area contributed by atoms with Crippen molar-refractivity contribution in [2.75, 3.05) is 6.61 Å². The van der Waals surface area contributed by atoms with Crippen molar-refractivity contribution >= 4 is 6.03 Å². The molecule has 2 amide bonds. The number of aliphatic hydroxyl groups is 1. The number of urea groups is 1. The van der Waals surface area contributed by atoms with E-state index < -0.39 is 0 Å². The summed E-state index contributed by atoms with van der Waals surface area (Å²) in [5.41, 5.74) is 1.30. The molecule has 3 N–H and O–H groups in total. The zero-order chi connectivity index (χ0) is 15.1. The van der Waals surface area contributed by atoms with Gasteiger partial charge in [-0.1, -0.05) is 19.1 Å². The molecule has 20 heavy (non-hydrogen) atoms. The summed E-state index contributed by atoms with van der Waals surface area (Å²) in [6.45, 7) is 5.48.